The van der Waals surface area contributed by atoms with E-state index in [1.807, 2.05) is 31.2 Å². The maximum absolute atomic E-state index is 13.2. The Morgan fingerprint density at radius 1 is 1.43 bits per heavy atom. The summed E-state index contributed by atoms with van der Waals surface area (Å²) in [4.78, 5) is 29.4. The summed E-state index contributed by atoms with van der Waals surface area (Å²) in [6, 6.07) is 3.65. The monoisotopic (exact) mass is 380 g/mol. The first-order chi connectivity index (χ1) is 13.4. The zero-order valence-electron chi connectivity index (χ0n) is 16.4. The highest BCUT2D eigenvalue weighted by Crippen LogP contribution is 2.33. The second-order valence-electron chi connectivity index (χ2n) is 6.87. The summed E-state index contributed by atoms with van der Waals surface area (Å²) in [6.45, 7) is 8.01. The number of fused-ring (bicyclic) bond motifs is 3. The topological polar surface area (TPSA) is 81.4 Å². The summed E-state index contributed by atoms with van der Waals surface area (Å²) in [5, 5.41) is 12.3. The van der Waals surface area contributed by atoms with Crippen LogP contribution in [0.2, 0.25) is 0 Å². The molecular weight excluding hydrogens is 356 g/mol. The fraction of sp³-hybridized carbons (Fsp3) is 0.318. The number of hydrogen-bond acceptors (Lipinski definition) is 5. The van der Waals surface area contributed by atoms with Crippen molar-refractivity contribution in [1.82, 2.24) is 9.55 Å². The van der Waals surface area contributed by atoms with Crippen LogP contribution in [0.15, 0.2) is 29.1 Å². The summed E-state index contributed by atoms with van der Waals surface area (Å²) in [6.07, 6.45) is 6.37. The van der Waals surface area contributed by atoms with E-state index in [2.05, 4.69) is 11.6 Å². The van der Waals surface area contributed by atoms with Gasteiger partial charge in [-0.2, -0.15) is 0 Å². The van der Waals surface area contributed by atoms with Crippen molar-refractivity contribution in [3.05, 3.63) is 61.9 Å². The third-order valence-electron chi connectivity index (χ3n) is 5.14. The van der Waals surface area contributed by atoms with Gasteiger partial charge in [0.1, 0.15) is 5.60 Å². The molecule has 0 amide bonds. The average Bonchev–Trinajstić information content (AvgIpc) is 3.05. The molecule has 3 rings (SSSR count). The van der Waals surface area contributed by atoms with Gasteiger partial charge in [-0.1, -0.05) is 31.7 Å². The van der Waals surface area contributed by atoms with Gasteiger partial charge >= 0.3 is 0 Å². The Morgan fingerprint density at radius 2 is 2.18 bits per heavy atom. The average molecular weight is 380 g/mol. The highest BCUT2D eigenvalue weighted by Gasteiger charge is 2.34. The molecule has 0 aliphatic carbocycles. The van der Waals surface area contributed by atoms with Crippen LogP contribution in [0.25, 0.3) is 24.0 Å². The van der Waals surface area contributed by atoms with Crippen molar-refractivity contribution in [2.24, 2.45) is 0 Å². The SMILES string of the molecule is C=c1nc2c(c/c1=C/C=C\C)Cn1c-2cc([C@](O)(C=O)CC)c(COC)c1=O. The lowest BCUT2D eigenvalue weighted by Crippen LogP contribution is -2.34. The Kier molecular flexibility index (Phi) is 5.45. The Balaban J connectivity index is 2.31. The molecule has 1 aliphatic rings. The van der Waals surface area contributed by atoms with E-state index in [-0.39, 0.29) is 29.7 Å². The number of aliphatic hydroxyl groups is 1. The second kappa shape index (κ2) is 7.66. The molecule has 0 bridgehead atoms. The number of aldehydes is 1. The van der Waals surface area contributed by atoms with Gasteiger partial charge in [0.15, 0.2) is 6.29 Å². The van der Waals surface area contributed by atoms with Crippen molar-refractivity contribution < 1.29 is 14.6 Å². The number of pyridine rings is 2. The van der Waals surface area contributed by atoms with Gasteiger partial charge in [0.05, 0.1) is 29.9 Å². The van der Waals surface area contributed by atoms with Crippen LogP contribution in [0.4, 0.5) is 0 Å². The highest BCUT2D eigenvalue weighted by atomic mass is 16.5. The molecule has 0 spiro atoms. The number of rotatable bonds is 6. The van der Waals surface area contributed by atoms with Crippen LogP contribution in [-0.2, 0) is 28.3 Å². The van der Waals surface area contributed by atoms with E-state index < -0.39 is 5.60 Å². The van der Waals surface area contributed by atoms with Gasteiger partial charge in [0, 0.05) is 23.8 Å². The molecule has 6 heteroatoms. The van der Waals surface area contributed by atoms with Gasteiger partial charge in [-0.3, -0.25) is 9.59 Å². The maximum Gasteiger partial charge on any atom is 0.257 e. The fourth-order valence-electron chi connectivity index (χ4n) is 3.52. The molecule has 0 unspecified atom stereocenters. The van der Waals surface area contributed by atoms with Crippen molar-refractivity contribution in [2.75, 3.05) is 7.11 Å². The van der Waals surface area contributed by atoms with Gasteiger partial charge in [-0.05, 0) is 30.7 Å². The number of nitrogens with zero attached hydrogens (tertiary/aromatic N) is 2. The maximum atomic E-state index is 13.2. The minimum Gasteiger partial charge on any atom is -0.380 e. The fourth-order valence-corrected chi connectivity index (χ4v) is 3.52. The molecule has 0 saturated heterocycles. The smallest absolute Gasteiger partial charge is 0.257 e. The van der Waals surface area contributed by atoms with E-state index in [0.29, 0.717) is 29.6 Å². The Hall–Kier alpha value is -2.83. The van der Waals surface area contributed by atoms with E-state index in [1.165, 1.54) is 7.11 Å². The quantitative estimate of drug-likeness (QED) is 0.645. The first-order valence-electron chi connectivity index (χ1n) is 9.17. The van der Waals surface area contributed by atoms with Gasteiger partial charge in [0.25, 0.3) is 5.56 Å². The summed E-state index contributed by atoms with van der Waals surface area (Å²) in [7, 11) is 1.47. The van der Waals surface area contributed by atoms with Crippen LogP contribution in [0.1, 0.15) is 37.0 Å². The zero-order chi connectivity index (χ0) is 20.5. The van der Waals surface area contributed by atoms with Crippen LogP contribution in [0, 0.1) is 0 Å². The standard InChI is InChI=1S/C22H24N2O4/c1-5-7-8-15-9-16-11-24-19(20(16)23-14(15)3)10-18(22(27,6-2)13-25)17(12-28-4)21(24)26/h5,7-10,13,27H,3,6,11-12H2,1-2,4H3/b7-5-,15-8-/t22-/m1/s1. The van der Waals surface area contributed by atoms with Gasteiger partial charge in [-0.25, -0.2) is 4.98 Å². The number of methoxy groups -OCH3 is 1. The molecule has 146 valence electrons. The molecule has 1 aliphatic heterocycles. The Morgan fingerprint density at radius 3 is 2.79 bits per heavy atom. The second-order valence-corrected chi connectivity index (χ2v) is 6.87. The molecule has 3 heterocycles. The summed E-state index contributed by atoms with van der Waals surface area (Å²) in [5.41, 5.74) is 0.634. The van der Waals surface area contributed by atoms with E-state index >= 15 is 0 Å². The van der Waals surface area contributed by atoms with Crippen molar-refractivity contribution in [3.63, 3.8) is 0 Å². The van der Waals surface area contributed by atoms with E-state index in [9.17, 15) is 14.7 Å². The number of aromatic nitrogens is 2. The van der Waals surface area contributed by atoms with Gasteiger partial charge < -0.3 is 14.4 Å². The molecule has 2 aromatic rings. The molecule has 0 aromatic carbocycles. The summed E-state index contributed by atoms with van der Waals surface area (Å²) < 4.78 is 6.78. The van der Waals surface area contributed by atoms with Crippen LogP contribution >= 0.6 is 0 Å². The first kappa shape index (κ1) is 19.9. The number of ether oxygens (including phenoxy) is 1. The van der Waals surface area contributed by atoms with Gasteiger partial charge in [0.2, 0.25) is 0 Å². The predicted octanol–water partition coefficient (Wildman–Crippen LogP) is 0.982. The number of hydrogen-bond donors (Lipinski definition) is 1. The van der Waals surface area contributed by atoms with E-state index in [1.54, 1.807) is 17.6 Å². The van der Waals surface area contributed by atoms with Gasteiger partial charge in [-0.15, -0.1) is 0 Å². The van der Waals surface area contributed by atoms with Crippen LogP contribution in [-0.4, -0.2) is 28.1 Å². The number of carbonyl (C=O) groups excluding carboxylic acids is 1. The molecule has 1 N–H and O–H groups in total. The normalized spacial score (nSPS) is 15.5. The predicted molar refractivity (Wildman–Crippen MR) is 108 cm³/mol. The van der Waals surface area contributed by atoms with E-state index in [4.69, 9.17) is 4.74 Å². The van der Waals surface area contributed by atoms with Crippen molar-refractivity contribution in [1.29, 1.82) is 0 Å². The molecular formula is C22H24N2O4. The Labute approximate surface area is 163 Å². The number of carbonyl (C=O) groups is 1. The van der Waals surface area contributed by atoms with Crippen LogP contribution < -0.4 is 16.1 Å². The molecule has 0 saturated carbocycles. The van der Waals surface area contributed by atoms with Crippen molar-refractivity contribution in [2.45, 2.75) is 39.0 Å². The molecule has 6 nitrogen and oxygen atoms in total. The summed E-state index contributed by atoms with van der Waals surface area (Å²) in [5.74, 6) is 0. The van der Waals surface area contributed by atoms with Crippen molar-refractivity contribution in [3.8, 4) is 11.4 Å². The van der Waals surface area contributed by atoms with Crippen LogP contribution in [0.5, 0.6) is 0 Å². The lowest BCUT2D eigenvalue weighted by atomic mass is 9.89. The summed E-state index contributed by atoms with van der Waals surface area (Å²) >= 11 is 0. The zero-order valence-corrected chi connectivity index (χ0v) is 16.4. The molecule has 1 atom stereocenters. The third kappa shape index (κ3) is 3.15. The Bertz CT molecular complexity index is 1130. The minimum absolute atomic E-state index is 0.00920. The highest BCUT2D eigenvalue weighted by molar-refractivity contribution is 5.71. The minimum atomic E-state index is -1.75. The number of allylic oxidation sites excluding steroid dienone is 2. The third-order valence-corrected chi connectivity index (χ3v) is 5.14. The molecule has 0 radical (unpaired) electrons. The van der Waals surface area contributed by atoms with Crippen molar-refractivity contribution >= 4 is 18.9 Å². The molecule has 2 aromatic heterocycles. The van der Waals surface area contributed by atoms with Crippen LogP contribution in [0.3, 0.4) is 0 Å². The largest absolute Gasteiger partial charge is 0.380 e. The molecule has 0 fully saturated rings. The lowest BCUT2D eigenvalue weighted by molar-refractivity contribution is -0.125. The molecule has 28 heavy (non-hydrogen) atoms. The lowest BCUT2D eigenvalue weighted by Gasteiger charge is -2.24. The van der Waals surface area contributed by atoms with E-state index in [0.717, 1.165) is 10.8 Å². The first-order valence-corrected chi connectivity index (χ1v) is 9.17.